The van der Waals surface area contributed by atoms with Crippen LogP contribution in [-0.4, -0.2) is 17.1 Å². The molecule has 0 fully saturated rings. The summed E-state index contributed by atoms with van der Waals surface area (Å²) in [5.41, 5.74) is 3.10. The molecule has 0 saturated carbocycles. The smallest absolute Gasteiger partial charge is 0.170 e. The third kappa shape index (κ3) is 3.66. The second kappa shape index (κ2) is 6.15. The Morgan fingerprint density at radius 2 is 1.95 bits per heavy atom. The fourth-order valence-electron chi connectivity index (χ4n) is 1.59. The Balaban J connectivity index is 2.07. The Kier molecular flexibility index (Phi) is 4.30. The highest BCUT2D eigenvalue weighted by Gasteiger charge is 2.00. The van der Waals surface area contributed by atoms with E-state index in [1.165, 1.54) is 5.56 Å². The summed E-state index contributed by atoms with van der Waals surface area (Å²) in [5.74, 6) is 0.801. The monoisotopic (exact) mass is 272 g/mol. The quantitative estimate of drug-likeness (QED) is 0.750. The normalized spacial score (nSPS) is 9.79. The van der Waals surface area contributed by atoms with Gasteiger partial charge in [-0.25, -0.2) is 4.98 Å². The Morgan fingerprint density at radius 1 is 1.16 bits per heavy atom. The maximum atomic E-state index is 5.03. The first kappa shape index (κ1) is 13.3. The zero-order valence-corrected chi connectivity index (χ0v) is 11.7. The number of nitrogens with one attached hydrogen (secondary N) is 3. The highest BCUT2D eigenvalue weighted by atomic mass is 32.1. The third-order valence-corrected chi connectivity index (χ3v) is 2.96. The summed E-state index contributed by atoms with van der Waals surface area (Å²) in [6.45, 7) is 2.06. The molecule has 0 atom stereocenters. The van der Waals surface area contributed by atoms with Crippen molar-refractivity contribution in [1.29, 1.82) is 0 Å². The number of rotatable bonds is 3. The Labute approximate surface area is 118 Å². The van der Waals surface area contributed by atoms with Crippen molar-refractivity contribution in [3.8, 4) is 0 Å². The highest BCUT2D eigenvalue weighted by Crippen LogP contribution is 2.19. The fourth-order valence-corrected chi connectivity index (χ4v) is 1.70. The SMILES string of the molecule is CNC(=S)Nc1ccc(Nc2ccccc2C)nc1. The van der Waals surface area contributed by atoms with E-state index < -0.39 is 0 Å². The number of benzene rings is 1. The minimum Gasteiger partial charge on any atom is -0.366 e. The molecule has 0 aliphatic rings. The number of pyridine rings is 1. The molecular weight excluding hydrogens is 256 g/mol. The topological polar surface area (TPSA) is 49.0 Å². The van der Waals surface area contributed by atoms with Crippen molar-refractivity contribution in [1.82, 2.24) is 10.3 Å². The number of nitrogens with zero attached hydrogens (tertiary/aromatic N) is 1. The molecule has 98 valence electrons. The van der Waals surface area contributed by atoms with E-state index in [0.29, 0.717) is 5.11 Å². The van der Waals surface area contributed by atoms with Crippen molar-refractivity contribution in [2.75, 3.05) is 17.7 Å². The van der Waals surface area contributed by atoms with E-state index in [-0.39, 0.29) is 0 Å². The molecule has 0 amide bonds. The molecule has 1 heterocycles. The summed E-state index contributed by atoms with van der Waals surface area (Å²) >= 11 is 5.03. The summed E-state index contributed by atoms with van der Waals surface area (Å²) in [6, 6.07) is 11.9. The van der Waals surface area contributed by atoms with Gasteiger partial charge in [-0.05, 0) is 42.9 Å². The molecular formula is C14H16N4S. The predicted molar refractivity (Wildman–Crippen MR) is 84.0 cm³/mol. The maximum absolute atomic E-state index is 5.03. The number of thiocarbonyl (C=S) groups is 1. The molecule has 4 nitrogen and oxygen atoms in total. The number of hydrogen-bond donors (Lipinski definition) is 3. The van der Waals surface area contributed by atoms with Gasteiger partial charge in [0.05, 0.1) is 11.9 Å². The van der Waals surface area contributed by atoms with Gasteiger partial charge in [0, 0.05) is 12.7 Å². The standard InChI is InChI=1S/C14H16N4S/c1-10-5-3-4-6-12(10)18-13-8-7-11(9-16-13)17-14(19)15-2/h3-9H,1-2H3,(H,16,18)(H2,15,17,19). The summed E-state index contributed by atoms with van der Waals surface area (Å²) in [4.78, 5) is 4.34. The lowest BCUT2D eigenvalue weighted by Gasteiger charge is -2.10. The van der Waals surface area contributed by atoms with Gasteiger partial charge in [-0.2, -0.15) is 0 Å². The van der Waals surface area contributed by atoms with Gasteiger partial charge < -0.3 is 16.0 Å². The van der Waals surface area contributed by atoms with Crippen molar-refractivity contribution >= 4 is 34.5 Å². The molecule has 0 bridgehead atoms. The lowest BCUT2D eigenvalue weighted by Crippen LogP contribution is -2.24. The van der Waals surface area contributed by atoms with Crippen molar-refractivity contribution in [2.24, 2.45) is 0 Å². The summed E-state index contributed by atoms with van der Waals surface area (Å²) in [6.07, 6.45) is 1.74. The number of para-hydroxylation sites is 1. The van der Waals surface area contributed by atoms with Crippen LogP contribution < -0.4 is 16.0 Å². The molecule has 19 heavy (non-hydrogen) atoms. The number of anilines is 3. The Morgan fingerprint density at radius 3 is 2.58 bits per heavy atom. The molecule has 0 unspecified atom stereocenters. The molecule has 0 spiro atoms. The summed E-state index contributed by atoms with van der Waals surface area (Å²) in [7, 11) is 1.77. The van der Waals surface area contributed by atoms with Crippen LogP contribution in [0.2, 0.25) is 0 Å². The first-order valence-corrected chi connectivity index (χ1v) is 6.37. The number of hydrogen-bond acceptors (Lipinski definition) is 3. The van der Waals surface area contributed by atoms with Crippen molar-refractivity contribution in [3.63, 3.8) is 0 Å². The lowest BCUT2D eigenvalue weighted by atomic mass is 10.2. The molecule has 5 heteroatoms. The number of aromatic nitrogens is 1. The van der Waals surface area contributed by atoms with E-state index >= 15 is 0 Å². The average Bonchev–Trinajstić information content (AvgIpc) is 2.43. The van der Waals surface area contributed by atoms with Crippen LogP contribution in [0.3, 0.4) is 0 Å². The van der Waals surface area contributed by atoms with Crippen molar-refractivity contribution in [2.45, 2.75) is 6.92 Å². The Hall–Kier alpha value is -2.14. The molecule has 0 saturated heterocycles. The minimum absolute atomic E-state index is 0.571. The van der Waals surface area contributed by atoms with Crippen molar-refractivity contribution in [3.05, 3.63) is 48.2 Å². The van der Waals surface area contributed by atoms with Crippen LogP contribution in [0.1, 0.15) is 5.56 Å². The van der Waals surface area contributed by atoms with E-state index in [9.17, 15) is 0 Å². The fraction of sp³-hybridized carbons (Fsp3) is 0.143. The Bertz CT molecular complexity index is 566. The summed E-state index contributed by atoms with van der Waals surface area (Å²) in [5, 5.41) is 9.73. The van der Waals surface area contributed by atoms with E-state index in [1.54, 1.807) is 13.2 Å². The first-order valence-electron chi connectivity index (χ1n) is 5.96. The van der Waals surface area contributed by atoms with Crippen molar-refractivity contribution < 1.29 is 0 Å². The van der Waals surface area contributed by atoms with Gasteiger partial charge in [0.25, 0.3) is 0 Å². The highest BCUT2D eigenvalue weighted by molar-refractivity contribution is 7.80. The molecule has 0 radical (unpaired) electrons. The van der Waals surface area contributed by atoms with Crippen LogP contribution in [0.15, 0.2) is 42.6 Å². The van der Waals surface area contributed by atoms with Crippen LogP contribution in [0, 0.1) is 6.92 Å². The zero-order valence-electron chi connectivity index (χ0n) is 10.9. The van der Waals surface area contributed by atoms with Gasteiger partial charge >= 0.3 is 0 Å². The van der Waals surface area contributed by atoms with Gasteiger partial charge in [0.2, 0.25) is 0 Å². The van der Waals surface area contributed by atoms with Crippen LogP contribution >= 0.6 is 12.2 Å². The van der Waals surface area contributed by atoms with E-state index in [4.69, 9.17) is 12.2 Å². The van der Waals surface area contributed by atoms with Crippen LogP contribution in [0.4, 0.5) is 17.2 Å². The van der Waals surface area contributed by atoms with E-state index in [2.05, 4.69) is 33.9 Å². The largest absolute Gasteiger partial charge is 0.366 e. The molecule has 2 aromatic rings. The van der Waals surface area contributed by atoms with Gasteiger partial charge in [-0.3, -0.25) is 0 Å². The summed E-state index contributed by atoms with van der Waals surface area (Å²) < 4.78 is 0. The molecule has 1 aromatic heterocycles. The van der Waals surface area contributed by atoms with Gasteiger partial charge in [-0.15, -0.1) is 0 Å². The molecule has 3 N–H and O–H groups in total. The second-order valence-corrected chi connectivity index (χ2v) is 4.48. The maximum Gasteiger partial charge on any atom is 0.170 e. The predicted octanol–water partition coefficient (Wildman–Crippen LogP) is 3.05. The van der Waals surface area contributed by atoms with Gasteiger partial charge in [0.1, 0.15) is 5.82 Å². The van der Waals surface area contributed by atoms with Crippen LogP contribution in [0.25, 0.3) is 0 Å². The van der Waals surface area contributed by atoms with Crippen LogP contribution in [-0.2, 0) is 0 Å². The zero-order chi connectivity index (χ0) is 13.7. The minimum atomic E-state index is 0.571. The van der Waals surface area contributed by atoms with Crippen LogP contribution in [0.5, 0.6) is 0 Å². The van der Waals surface area contributed by atoms with E-state index in [0.717, 1.165) is 17.2 Å². The first-order chi connectivity index (χ1) is 9.19. The molecule has 0 aliphatic carbocycles. The molecule has 2 rings (SSSR count). The lowest BCUT2D eigenvalue weighted by molar-refractivity contribution is 1.19. The number of aryl methyl sites for hydroxylation is 1. The molecule has 0 aliphatic heterocycles. The third-order valence-electron chi connectivity index (χ3n) is 2.66. The average molecular weight is 272 g/mol. The van der Waals surface area contributed by atoms with Gasteiger partial charge in [-0.1, -0.05) is 18.2 Å². The van der Waals surface area contributed by atoms with E-state index in [1.807, 2.05) is 30.3 Å². The second-order valence-electron chi connectivity index (χ2n) is 4.08. The molecule has 1 aromatic carbocycles. The van der Waals surface area contributed by atoms with Gasteiger partial charge in [0.15, 0.2) is 5.11 Å².